The van der Waals surface area contributed by atoms with E-state index in [1.165, 1.54) is 11.1 Å². The molecule has 2 aromatic rings. The van der Waals surface area contributed by atoms with Crippen LogP contribution < -0.4 is 10.6 Å². The summed E-state index contributed by atoms with van der Waals surface area (Å²) >= 11 is 3.45. The molecule has 0 aliphatic heterocycles. The van der Waals surface area contributed by atoms with E-state index in [0.717, 1.165) is 22.9 Å². The van der Waals surface area contributed by atoms with Crippen LogP contribution in [0.25, 0.3) is 0 Å². The summed E-state index contributed by atoms with van der Waals surface area (Å²) in [5.74, 6) is 0. The van der Waals surface area contributed by atoms with Gasteiger partial charge in [-0.2, -0.15) is 0 Å². The summed E-state index contributed by atoms with van der Waals surface area (Å²) in [6, 6.07) is 16.4. The Hall–Kier alpha value is -1.81. The van der Waals surface area contributed by atoms with Gasteiger partial charge in [0.15, 0.2) is 0 Å². The predicted molar refractivity (Wildman–Crippen MR) is 98.6 cm³/mol. The lowest BCUT2D eigenvalue weighted by Crippen LogP contribution is -2.38. The van der Waals surface area contributed by atoms with Crippen LogP contribution in [0.4, 0.5) is 4.79 Å². The van der Waals surface area contributed by atoms with Gasteiger partial charge in [0.05, 0.1) is 6.04 Å². The molecule has 0 fully saturated rings. The molecule has 0 saturated carbocycles. The van der Waals surface area contributed by atoms with E-state index in [9.17, 15) is 4.79 Å². The summed E-state index contributed by atoms with van der Waals surface area (Å²) in [7, 11) is 0. The minimum absolute atomic E-state index is 0.00761. The minimum Gasteiger partial charge on any atom is -0.338 e. The second kappa shape index (κ2) is 8.73. The molecular weight excluding hydrogens is 352 g/mol. The van der Waals surface area contributed by atoms with Crippen molar-refractivity contribution in [2.24, 2.45) is 0 Å². The molecule has 2 rings (SSSR count). The summed E-state index contributed by atoms with van der Waals surface area (Å²) in [5, 5.41) is 5.88. The zero-order valence-electron chi connectivity index (χ0n) is 13.6. The van der Waals surface area contributed by atoms with Gasteiger partial charge in [-0.1, -0.05) is 59.3 Å². The van der Waals surface area contributed by atoms with Crippen LogP contribution in [0, 0.1) is 0 Å². The van der Waals surface area contributed by atoms with Crippen molar-refractivity contribution in [3.63, 3.8) is 0 Å². The third kappa shape index (κ3) is 5.71. The van der Waals surface area contributed by atoms with E-state index in [1.54, 1.807) is 0 Å². The number of amides is 2. The van der Waals surface area contributed by atoms with Gasteiger partial charge in [-0.05, 0) is 48.6 Å². The average Bonchev–Trinajstić information content (AvgIpc) is 2.55. The largest absolute Gasteiger partial charge is 0.338 e. The van der Waals surface area contributed by atoms with E-state index < -0.39 is 0 Å². The first-order valence-corrected chi connectivity index (χ1v) is 8.75. The van der Waals surface area contributed by atoms with E-state index in [-0.39, 0.29) is 12.1 Å². The molecule has 2 amide bonds. The van der Waals surface area contributed by atoms with E-state index in [4.69, 9.17) is 0 Å². The standard InChI is InChI=1S/C19H23BrN2O/c1-3-15-7-9-17(10-8-15)14(2)22-19(23)21-12-11-16-5-4-6-18(20)13-16/h4-10,13-14H,3,11-12H2,1-2H3,(H2,21,22,23). The van der Waals surface area contributed by atoms with E-state index in [2.05, 4.69) is 69.9 Å². The first-order chi connectivity index (χ1) is 11.1. The summed E-state index contributed by atoms with van der Waals surface area (Å²) in [6.07, 6.45) is 1.84. The Balaban J connectivity index is 1.77. The molecule has 1 unspecified atom stereocenters. The van der Waals surface area contributed by atoms with Crippen LogP contribution in [0.2, 0.25) is 0 Å². The second-order valence-electron chi connectivity index (χ2n) is 5.60. The molecule has 23 heavy (non-hydrogen) atoms. The van der Waals surface area contributed by atoms with Gasteiger partial charge in [0.25, 0.3) is 0 Å². The van der Waals surface area contributed by atoms with Crippen LogP contribution in [-0.2, 0) is 12.8 Å². The van der Waals surface area contributed by atoms with Crippen molar-refractivity contribution in [1.29, 1.82) is 0 Å². The molecule has 0 aromatic heterocycles. The van der Waals surface area contributed by atoms with Gasteiger partial charge in [-0.3, -0.25) is 0 Å². The van der Waals surface area contributed by atoms with Gasteiger partial charge in [-0.15, -0.1) is 0 Å². The number of rotatable bonds is 6. The van der Waals surface area contributed by atoms with Crippen molar-refractivity contribution in [2.45, 2.75) is 32.7 Å². The van der Waals surface area contributed by atoms with Gasteiger partial charge >= 0.3 is 6.03 Å². The maximum atomic E-state index is 12.0. The molecule has 0 radical (unpaired) electrons. The number of halogens is 1. The molecule has 0 aliphatic rings. The van der Waals surface area contributed by atoms with Gasteiger partial charge in [0.2, 0.25) is 0 Å². The number of carbonyl (C=O) groups excluding carboxylic acids is 1. The predicted octanol–water partition coefficient (Wildman–Crippen LogP) is 4.61. The van der Waals surface area contributed by atoms with E-state index in [1.807, 2.05) is 19.1 Å². The lowest BCUT2D eigenvalue weighted by atomic mass is 10.1. The Bertz CT molecular complexity index is 640. The third-order valence-corrected chi connectivity index (χ3v) is 4.32. The van der Waals surface area contributed by atoms with Gasteiger partial charge < -0.3 is 10.6 Å². The van der Waals surface area contributed by atoms with Gasteiger partial charge in [0, 0.05) is 11.0 Å². The molecule has 2 N–H and O–H groups in total. The number of benzene rings is 2. The molecule has 2 aromatic carbocycles. The monoisotopic (exact) mass is 374 g/mol. The lowest BCUT2D eigenvalue weighted by molar-refractivity contribution is 0.238. The Labute approximate surface area is 146 Å². The SMILES string of the molecule is CCc1ccc(C(C)NC(=O)NCCc2cccc(Br)c2)cc1. The molecule has 1 atom stereocenters. The van der Waals surface area contributed by atoms with Gasteiger partial charge in [-0.25, -0.2) is 4.79 Å². The number of carbonyl (C=O) groups is 1. The van der Waals surface area contributed by atoms with Crippen LogP contribution in [0.3, 0.4) is 0 Å². The number of aryl methyl sites for hydroxylation is 1. The molecule has 0 spiro atoms. The maximum Gasteiger partial charge on any atom is 0.315 e. The number of urea groups is 1. The summed E-state index contributed by atoms with van der Waals surface area (Å²) in [5.41, 5.74) is 3.62. The summed E-state index contributed by atoms with van der Waals surface area (Å²) < 4.78 is 1.06. The van der Waals surface area contributed by atoms with Crippen LogP contribution in [0.1, 0.15) is 36.6 Å². The fourth-order valence-electron chi connectivity index (χ4n) is 2.39. The highest BCUT2D eigenvalue weighted by Gasteiger charge is 2.08. The second-order valence-corrected chi connectivity index (χ2v) is 6.51. The Morgan fingerprint density at radius 1 is 1.13 bits per heavy atom. The van der Waals surface area contributed by atoms with Crippen LogP contribution >= 0.6 is 15.9 Å². The molecule has 4 heteroatoms. The van der Waals surface area contributed by atoms with Crippen molar-refractivity contribution in [1.82, 2.24) is 10.6 Å². The normalized spacial score (nSPS) is 11.8. The van der Waals surface area contributed by atoms with Crippen molar-refractivity contribution in [3.05, 3.63) is 69.7 Å². The molecule has 122 valence electrons. The smallest absolute Gasteiger partial charge is 0.315 e. The van der Waals surface area contributed by atoms with Gasteiger partial charge in [0.1, 0.15) is 0 Å². The maximum absolute atomic E-state index is 12.0. The Kier molecular flexibility index (Phi) is 6.66. The zero-order chi connectivity index (χ0) is 16.7. The van der Waals surface area contributed by atoms with Crippen LogP contribution in [-0.4, -0.2) is 12.6 Å². The highest BCUT2D eigenvalue weighted by Crippen LogP contribution is 2.14. The third-order valence-electron chi connectivity index (χ3n) is 3.82. The van der Waals surface area contributed by atoms with Crippen molar-refractivity contribution in [2.75, 3.05) is 6.54 Å². The fourth-order valence-corrected chi connectivity index (χ4v) is 2.83. The zero-order valence-corrected chi connectivity index (χ0v) is 15.2. The van der Waals surface area contributed by atoms with Crippen molar-refractivity contribution < 1.29 is 4.79 Å². The average molecular weight is 375 g/mol. The quantitative estimate of drug-likeness (QED) is 0.760. The number of nitrogens with one attached hydrogen (secondary N) is 2. The van der Waals surface area contributed by atoms with Crippen LogP contribution in [0.15, 0.2) is 53.0 Å². The fraction of sp³-hybridized carbons (Fsp3) is 0.316. The Morgan fingerprint density at radius 2 is 1.87 bits per heavy atom. The molecule has 3 nitrogen and oxygen atoms in total. The Morgan fingerprint density at radius 3 is 2.52 bits per heavy atom. The molecule has 0 saturated heterocycles. The highest BCUT2D eigenvalue weighted by atomic mass is 79.9. The molecule has 0 bridgehead atoms. The minimum atomic E-state index is -0.132. The topological polar surface area (TPSA) is 41.1 Å². The van der Waals surface area contributed by atoms with Crippen LogP contribution in [0.5, 0.6) is 0 Å². The summed E-state index contributed by atoms with van der Waals surface area (Å²) in [4.78, 5) is 12.0. The van der Waals surface area contributed by atoms with Crippen molar-refractivity contribution in [3.8, 4) is 0 Å². The molecular formula is C19H23BrN2O. The molecule has 0 heterocycles. The first-order valence-electron chi connectivity index (χ1n) is 7.96. The molecule has 0 aliphatic carbocycles. The first kappa shape index (κ1) is 17.5. The van der Waals surface area contributed by atoms with Crippen molar-refractivity contribution >= 4 is 22.0 Å². The van der Waals surface area contributed by atoms with E-state index >= 15 is 0 Å². The lowest BCUT2D eigenvalue weighted by Gasteiger charge is -2.15. The summed E-state index contributed by atoms with van der Waals surface area (Å²) in [6.45, 7) is 4.74. The highest BCUT2D eigenvalue weighted by molar-refractivity contribution is 9.10. The number of hydrogen-bond donors (Lipinski definition) is 2. The number of hydrogen-bond acceptors (Lipinski definition) is 1. The van der Waals surface area contributed by atoms with E-state index in [0.29, 0.717) is 6.54 Å².